The Morgan fingerprint density at radius 3 is 1.50 bits per heavy atom. The van der Waals surface area contributed by atoms with Crippen molar-refractivity contribution in [3.63, 3.8) is 0 Å². The summed E-state index contributed by atoms with van der Waals surface area (Å²) in [7, 11) is 3.86. The molecule has 0 amide bonds. The Labute approximate surface area is 161 Å². The molecule has 3 aromatic carbocycles. The van der Waals surface area contributed by atoms with Crippen LogP contribution in [0.3, 0.4) is 0 Å². The maximum Gasteiger partial charge on any atom is 0.0417 e. The van der Waals surface area contributed by atoms with Gasteiger partial charge in [0.1, 0.15) is 0 Å². The molecule has 0 aliphatic rings. The van der Waals surface area contributed by atoms with E-state index in [0.29, 0.717) is 0 Å². The highest BCUT2D eigenvalue weighted by Crippen LogP contribution is 2.21. The van der Waals surface area contributed by atoms with Crippen LogP contribution < -0.4 is 10.6 Å². The molecule has 0 spiro atoms. The molecule has 2 N–H and O–H groups in total. The van der Waals surface area contributed by atoms with Gasteiger partial charge in [-0.1, -0.05) is 96.1 Å². The molecule has 0 heterocycles. The van der Waals surface area contributed by atoms with Crippen LogP contribution >= 0.6 is 0 Å². The third-order valence-corrected chi connectivity index (χ3v) is 3.12. The Balaban J connectivity index is 0. The topological polar surface area (TPSA) is 24.1 Å². The third-order valence-electron chi connectivity index (χ3n) is 3.12. The monoisotopic (exact) mass is 354 g/mol. The van der Waals surface area contributed by atoms with E-state index < -0.39 is 0 Å². The molecule has 2 heteroatoms. The molecule has 0 aliphatic carbocycles. The minimum Gasteiger partial charge on any atom is -0.388 e. The lowest BCUT2D eigenvalue weighted by atomic mass is 10.1. The van der Waals surface area contributed by atoms with E-state index in [1.54, 1.807) is 0 Å². The molecule has 0 radical (unpaired) electrons. The van der Waals surface area contributed by atoms with Crippen LogP contribution in [0.4, 0.5) is 11.4 Å². The van der Waals surface area contributed by atoms with Crippen LogP contribution in [-0.4, -0.2) is 14.1 Å². The van der Waals surface area contributed by atoms with Gasteiger partial charge in [-0.25, -0.2) is 0 Å². The van der Waals surface area contributed by atoms with Crippen molar-refractivity contribution in [1.29, 1.82) is 0 Å². The Morgan fingerprint density at radius 2 is 1.00 bits per heavy atom. The number of anilines is 2. The maximum absolute atomic E-state index is 3.17. The summed E-state index contributed by atoms with van der Waals surface area (Å²) < 4.78 is 0. The predicted octanol–water partition coefficient (Wildman–Crippen LogP) is 7.69. The average Bonchev–Trinajstić information content (AvgIpc) is 2.78. The lowest BCUT2D eigenvalue weighted by Crippen LogP contribution is -1.88. The van der Waals surface area contributed by atoms with Gasteiger partial charge in [-0.2, -0.15) is 0 Å². The summed E-state index contributed by atoms with van der Waals surface area (Å²) in [5.41, 5.74) is 2.35. The zero-order valence-corrected chi connectivity index (χ0v) is 17.9. The zero-order valence-electron chi connectivity index (χ0n) is 17.9. The molecular formula is C24H38N2. The average molecular weight is 355 g/mol. The second kappa shape index (κ2) is 18.9. The van der Waals surface area contributed by atoms with Gasteiger partial charge in [0.05, 0.1) is 0 Å². The SMILES string of the molecule is CC.CC.CC.CNc1cccc2ccccc12.CNc1ccccc1. The van der Waals surface area contributed by atoms with Crippen molar-refractivity contribution >= 4 is 22.1 Å². The van der Waals surface area contributed by atoms with E-state index in [1.165, 1.54) is 16.5 Å². The summed E-state index contributed by atoms with van der Waals surface area (Å²) in [6.07, 6.45) is 0. The molecule has 144 valence electrons. The summed E-state index contributed by atoms with van der Waals surface area (Å²) in [6.45, 7) is 12.0. The van der Waals surface area contributed by atoms with Crippen LogP contribution in [0.15, 0.2) is 72.8 Å². The van der Waals surface area contributed by atoms with Gasteiger partial charge in [-0.3, -0.25) is 0 Å². The van der Waals surface area contributed by atoms with Crippen molar-refractivity contribution in [1.82, 2.24) is 0 Å². The summed E-state index contributed by atoms with van der Waals surface area (Å²) in [5.74, 6) is 0. The van der Waals surface area contributed by atoms with E-state index >= 15 is 0 Å². The van der Waals surface area contributed by atoms with Gasteiger partial charge < -0.3 is 10.6 Å². The number of rotatable bonds is 2. The van der Waals surface area contributed by atoms with Crippen molar-refractivity contribution in [2.75, 3.05) is 24.7 Å². The maximum atomic E-state index is 3.17. The molecule has 0 saturated carbocycles. The van der Waals surface area contributed by atoms with Gasteiger partial charge in [-0.05, 0) is 23.6 Å². The molecule has 0 saturated heterocycles. The Morgan fingerprint density at radius 1 is 0.500 bits per heavy atom. The second-order valence-electron chi connectivity index (χ2n) is 4.39. The number of nitrogens with one attached hydrogen (secondary N) is 2. The molecule has 0 aliphatic heterocycles. The molecule has 26 heavy (non-hydrogen) atoms. The number of hydrogen-bond acceptors (Lipinski definition) is 2. The van der Waals surface area contributed by atoms with Crippen molar-refractivity contribution in [3.05, 3.63) is 72.8 Å². The van der Waals surface area contributed by atoms with Crippen molar-refractivity contribution < 1.29 is 0 Å². The summed E-state index contributed by atoms with van der Waals surface area (Å²) in [5, 5.41) is 8.76. The fraction of sp³-hybridized carbons (Fsp3) is 0.333. The highest BCUT2D eigenvalue weighted by molar-refractivity contribution is 5.93. The van der Waals surface area contributed by atoms with Crippen LogP contribution in [0.5, 0.6) is 0 Å². The van der Waals surface area contributed by atoms with Gasteiger partial charge in [0.25, 0.3) is 0 Å². The lowest BCUT2D eigenvalue weighted by molar-refractivity contribution is 1.50. The summed E-state index contributed by atoms with van der Waals surface area (Å²) >= 11 is 0. The summed E-state index contributed by atoms with van der Waals surface area (Å²) in [4.78, 5) is 0. The van der Waals surface area contributed by atoms with E-state index in [1.807, 2.05) is 86.0 Å². The third kappa shape index (κ3) is 9.73. The minimum atomic E-state index is 1.16. The van der Waals surface area contributed by atoms with Crippen molar-refractivity contribution in [2.24, 2.45) is 0 Å². The van der Waals surface area contributed by atoms with Gasteiger partial charge in [0.2, 0.25) is 0 Å². The molecule has 2 nitrogen and oxygen atoms in total. The Kier molecular flexibility index (Phi) is 18.7. The molecule has 0 aromatic heterocycles. The van der Waals surface area contributed by atoms with E-state index in [2.05, 4.69) is 53.1 Å². The molecule has 3 aromatic rings. The first-order valence-electron chi connectivity index (χ1n) is 9.73. The van der Waals surface area contributed by atoms with E-state index in [4.69, 9.17) is 0 Å². The quantitative estimate of drug-likeness (QED) is 0.493. The number of hydrogen-bond donors (Lipinski definition) is 2. The van der Waals surface area contributed by atoms with Crippen molar-refractivity contribution in [2.45, 2.75) is 41.5 Å². The smallest absolute Gasteiger partial charge is 0.0417 e. The van der Waals surface area contributed by atoms with Gasteiger partial charge >= 0.3 is 0 Å². The molecule has 0 bridgehead atoms. The normalized spacial score (nSPS) is 8.00. The summed E-state index contributed by atoms with van der Waals surface area (Å²) in [6, 6.07) is 24.7. The fourth-order valence-electron chi connectivity index (χ4n) is 2.05. The molecule has 3 rings (SSSR count). The fourth-order valence-corrected chi connectivity index (χ4v) is 2.05. The first-order chi connectivity index (χ1) is 12.8. The van der Waals surface area contributed by atoms with Gasteiger partial charge in [-0.15, -0.1) is 0 Å². The van der Waals surface area contributed by atoms with Gasteiger partial charge in [0.15, 0.2) is 0 Å². The molecular weight excluding hydrogens is 316 g/mol. The van der Waals surface area contributed by atoms with E-state index in [-0.39, 0.29) is 0 Å². The lowest BCUT2D eigenvalue weighted by Gasteiger charge is -2.04. The molecule has 0 fully saturated rings. The number of benzene rings is 3. The van der Waals surface area contributed by atoms with Crippen LogP contribution in [0.25, 0.3) is 10.8 Å². The highest BCUT2D eigenvalue weighted by atomic mass is 14.8. The standard InChI is InChI=1S/C11H11N.C7H9N.3C2H6/c1-12-11-8-4-6-9-5-2-3-7-10(9)11;1-8-7-5-3-2-4-6-7;3*1-2/h2-8,12H,1H3;2-6,8H,1H3;3*1-2H3. The Bertz CT molecular complexity index is 643. The molecule has 0 unspecified atom stereocenters. The minimum absolute atomic E-state index is 1.16. The van der Waals surface area contributed by atoms with Crippen LogP contribution in [0, 0.1) is 0 Å². The highest BCUT2D eigenvalue weighted by Gasteiger charge is 1.95. The van der Waals surface area contributed by atoms with Crippen LogP contribution in [-0.2, 0) is 0 Å². The first-order valence-corrected chi connectivity index (χ1v) is 9.73. The number of fused-ring (bicyclic) bond motifs is 1. The zero-order chi connectivity index (χ0) is 20.2. The second-order valence-corrected chi connectivity index (χ2v) is 4.39. The van der Waals surface area contributed by atoms with E-state index in [9.17, 15) is 0 Å². The Hall–Kier alpha value is -2.48. The van der Waals surface area contributed by atoms with Crippen LogP contribution in [0.1, 0.15) is 41.5 Å². The van der Waals surface area contributed by atoms with Gasteiger partial charge in [0, 0.05) is 30.9 Å². The van der Waals surface area contributed by atoms with E-state index in [0.717, 1.165) is 5.69 Å². The largest absolute Gasteiger partial charge is 0.388 e. The van der Waals surface area contributed by atoms with Crippen molar-refractivity contribution in [3.8, 4) is 0 Å². The molecule has 0 atom stereocenters. The number of para-hydroxylation sites is 1. The first kappa shape index (κ1) is 25.8. The predicted molar refractivity (Wildman–Crippen MR) is 124 cm³/mol. The van der Waals surface area contributed by atoms with Crippen LogP contribution in [0.2, 0.25) is 0 Å².